The van der Waals surface area contributed by atoms with Crippen LogP contribution in [-0.2, 0) is 0 Å². The van der Waals surface area contributed by atoms with Crippen molar-refractivity contribution < 1.29 is 30.6 Å². The summed E-state index contributed by atoms with van der Waals surface area (Å²) in [4.78, 5) is 17.5. The van der Waals surface area contributed by atoms with E-state index in [1.807, 2.05) is 41.5 Å². The third-order valence-electron chi connectivity index (χ3n) is 6.50. The van der Waals surface area contributed by atoms with Gasteiger partial charge in [0.1, 0.15) is 37.4 Å². The van der Waals surface area contributed by atoms with Crippen LogP contribution in [0.2, 0.25) is 0 Å². The first-order chi connectivity index (χ1) is 18.6. The van der Waals surface area contributed by atoms with Gasteiger partial charge < -0.3 is 30.6 Å². The monoisotopic (exact) mass is 558 g/mol. The molecule has 0 aliphatic heterocycles. The van der Waals surface area contributed by atoms with Crippen LogP contribution >= 0.6 is 0 Å². The summed E-state index contributed by atoms with van der Waals surface area (Å²) in [6.07, 6.45) is -0.938. The number of hydrogen-bond donors (Lipinski definition) is 6. The van der Waals surface area contributed by atoms with Gasteiger partial charge in [0.25, 0.3) is 0 Å². The van der Waals surface area contributed by atoms with Crippen LogP contribution in [0.3, 0.4) is 0 Å². The molecular formula is C27H54N6O6. The van der Waals surface area contributed by atoms with Gasteiger partial charge in [-0.15, -0.1) is 0 Å². The van der Waals surface area contributed by atoms with Gasteiger partial charge in [-0.2, -0.15) is 15.0 Å². The minimum Gasteiger partial charge on any atom is -0.373 e. The zero-order valence-electron chi connectivity index (χ0n) is 24.8. The molecule has 0 saturated heterocycles. The number of aromatic nitrogens is 3. The summed E-state index contributed by atoms with van der Waals surface area (Å²) in [6, 6.07) is 0. The van der Waals surface area contributed by atoms with E-state index in [1.54, 1.807) is 0 Å². The van der Waals surface area contributed by atoms with Crippen molar-refractivity contribution >= 4 is 17.8 Å². The van der Waals surface area contributed by atoms with E-state index in [4.69, 9.17) is 0 Å². The molecule has 6 N–H and O–H groups in total. The van der Waals surface area contributed by atoms with E-state index in [1.165, 1.54) is 14.7 Å². The Morgan fingerprint density at radius 3 is 0.667 bits per heavy atom. The molecule has 1 aromatic heterocycles. The van der Waals surface area contributed by atoms with E-state index in [0.29, 0.717) is 77.0 Å². The maximum Gasteiger partial charge on any atom is 0.236 e. The maximum atomic E-state index is 11.0. The number of rotatable bonds is 21. The van der Waals surface area contributed by atoms with Crippen LogP contribution in [0.5, 0.6) is 0 Å². The predicted octanol–water partition coefficient (Wildman–Crippen LogP) is 3.00. The van der Waals surface area contributed by atoms with Crippen molar-refractivity contribution in [2.45, 2.75) is 156 Å². The third kappa shape index (κ3) is 10.3. The van der Waals surface area contributed by atoms with E-state index in [0.717, 1.165) is 0 Å². The second-order valence-electron chi connectivity index (χ2n) is 10.1. The fraction of sp³-hybridized carbons (Fsp3) is 0.889. The topological polar surface area (TPSA) is 170 Å². The summed E-state index contributed by atoms with van der Waals surface area (Å²) >= 11 is 0. The molecule has 12 nitrogen and oxygen atoms in total. The van der Waals surface area contributed by atoms with Gasteiger partial charge in [0.05, 0.1) is 0 Å². The number of hydrogen-bond acceptors (Lipinski definition) is 12. The van der Waals surface area contributed by atoms with Crippen LogP contribution in [0, 0.1) is 0 Å². The highest BCUT2D eigenvalue weighted by molar-refractivity contribution is 5.48. The molecule has 6 unspecified atom stereocenters. The molecule has 0 saturated carbocycles. The van der Waals surface area contributed by atoms with Gasteiger partial charge >= 0.3 is 0 Å². The predicted molar refractivity (Wildman–Crippen MR) is 153 cm³/mol. The Kier molecular flexibility index (Phi) is 16.7. The van der Waals surface area contributed by atoms with Crippen LogP contribution in [0.15, 0.2) is 0 Å². The molecule has 0 spiro atoms. The Labute approximate surface area is 234 Å². The second-order valence-corrected chi connectivity index (χ2v) is 10.1. The average molecular weight is 559 g/mol. The molecule has 0 bridgehead atoms. The Balaban J connectivity index is 3.97. The zero-order chi connectivity index (χ0) is 29.5. The first-order valence-corrected chi connectivity index (χ1v) is 14.8. The van der Waals surface area contributed by atoms with Crippen LogP contribution in [-0.4, -0.2) is 83.0 Å². The molecule has 6 atom stereocenters. The standard InChI is InChI=1S/C27H54N6O6/c1-7-13-19(34)31(20(35)14-8-2)25-28-26(32(21(36)15-9-3)22(37)16-10-4)30-27(29-25)33(23(38)17-11-5)24(39)18-12-6/h19-24,34-39H,7-18H2,1-6H3. The van der Waals surface area contributed by atoms with E-state index >= 15 is 0 Å². The van der Waals surface area contributed by atoms with Crippen molar-refractivity contribution in [2.24, 2.45) is 0 Å². The lowest BCUT2D eigenvalue weighted by atomic mass is 10.2. The van der Waals surface area contributed by atoms with Crippen molar-refractivity contribution in [3.8, 4) is 0 Å². The van der Waals surface area contributed by atoms with Crippen molar-refractivity contribution in [1.29, 1.82) is 0 Å². The van der Waals surface area contributed by atoms with Gasteiger partial charge in [0, 0.05) is 0 Å². The fourth-order valence-corrected chi connectivity index (χ4v) is 4.47. The van der Waals surface area contributed by atoms with Gasteiger partial charge in [-0.05, 0) is 38.5 Å². The number of aliphatic hydroxyl groups excluding tert-OH is 6. The summed E-state index contributed by atoms with van der Waals surface area (Å²) < 4.78 is 0. The summed E-state index contributed by atoms with van der Waals surface area (Å²) in [5, 5.41) is 66.2. The molecule has 1 aromatic rings. The number of aliphatic hydroxyl groups is 6. The largest absolute Gasteiger partial charge is 0.373 e. The quantitative estimate of drug-likeness (QED) is 0.122. The maximum absolute atomic E-state index is 11.0. The normalized spacial score (nSPS) is 16.3. The van der Waals surface area contributed by atoms with Crippen LogP contribution in [0.25, 0.3) is 0 Å². The first kappa shape index (κ1) is 35.2. The minimum atomic E-state index is -1.12. The summed E-state index contributed by atoms with van der Waals surface area (Å²) in [5.74, 6) is -0.231. The first-order valence-electron chi connectivity index (χ1n) is 14.8. The lowest BCUT2D eigenvalue weighted by Crippen LogP contribution is -2.49. The molecule has 0 radical (unpaired) electrons. The summed E-state index contributed by atoms with van der Waals surface area (Å²) in [6.45, 7) is 11.5. The van der Waals surface area contributed by atoms with Gasteiger partial charge in [0.2, 0.25) is 17.8 Å². The third-order valence-corrected chi connectivity index (χ3v) is 6.50. The SMILES string of the molecule is CCCC(O)N(c1nc(N(C(O)CCC)C(O)CCC)nc(N(C(O)CCC)C(O)CCC)n1)C(O)CCC. The Morgan fingerprint density at radius 2 is 0.538 bits per heavy atom. The smallest absolute Gasteiger partial charge is 0.236 e. The number of nitrogens with zero attached hydrogens (tertiary/aromatic N) is 6. The molecular weight excluding hydrogens is 504 g/mol. The Hall–Kier alpha value is -1.83. The van der Waals surface area contributed by atoms with E-state index in [9.17, 15) is 30.6 Å². The molecule has 12 heteroatoms. The van der Waals surface area contributed by atoms with Crippen LogP contribution in [0.4, 0.5) is 17.8 Å². The van der Waals surface area contributed by atoms with Crippen molar-refractivity contribution in [2.75, 3.05) is 14.7 Å². The van der Waals surface area contributed by atoms with Gasteiger partial charge in [0.15, 0.2) is 0 Å². The van der Waals surface area contributed by atoms with Crippen molar-refractivity contribution in [3.05, 3.63) is 0 Å². The van der Waals surface area contributed by atoms with E-state index in [-0.39, 0.29) is 17.8 Å². The zero-order valence-corrected chi connectivity index (χ0v) is 24.8. The molecule has 0 fully saturated rings. The fourth-order valence-electron chi connectivity index (χ4n) is 4.47. The molecule has 1 rings (SSSR count). The van der Waals surface area contributed by atoms with Gasteiger partial charge in [-0.3, -0.25) is 14.7 Å². The molecule has 0 aliphatic carbocycles. The lowest BCUT2D eigenvalue weighted by Gasteiger charge is -2.37. The van der Waals surface area contributed by atoms with Crippen molar-refractivity contribution in [3.63, 3.8) is 0 Å². The lowest BCUT2D eigenvalue weighted by molar-refractivity contribution is 0.0669. The summed E-state index contributed by atoms with van der Waals surface area (Å²) in [5.41, 5.74) is 0. The Morgan fingerprint density at radius 1 is 0.385 bits per heavy atom. The molecule has 0 aliphatic rings. The Bertz CT molecular complexity index is 645. The highest BCUT2D eigenvalue weighted by Crippen LogP contribution is 2.29. The molecule has 0 amide bonds. The van der Waals surface area contributed by atoms with E-state index < -0.39 is 37.4 Å². The minimum absolute atomic E-state index is 0.0771. The van der Waals surface area contributed by atoms with Crippen LogP contribution in [0.1, 0.15) is 119 Å². The molecule has 0 aromatic carbocycles. The van der Waals surface area contributed by atoms with Crippen LogP contribution < -0.4 is 14.7 Å². The summed E-state index contributed by atoms with van der Waals surface area (Å²) in [7, 11) is 0. The number of anilines is 3. The van der Waals surface area contributed by atoms with E-state index in [2.05, 4.69) is 15.0 Å². The second kappa shape index (κ2) is 18.5. The van der Waals surface area contributed by atoms with Crippen molar-refractivity contribution in [1.82, 2.24) is 15.0 Å². The molecule has 1 heterocycles. The average Bonchev–Trinajstić information content (AvgIpc) is 2.85. The highest BCUT2D eigenvalue weighted by atomic mass is 16.3. The molecule has 39 heavy (non-hydrogen) atoms. The van der Waals surface area contributed by atoms with Gasteiger partial charge in [-0.25, -0.2) is 0 Å². The highest BCUT2D eigenvalue weighted by Gasteiger charge is 2.33. The molecule has 228 valence electrons. The van der Waals surface area contributed by atoms with Gasteiger partial charge in [-0.1, -0.05) is 80.1 Å².